The molecule has 0 amide bonds. The minimum atomic E-state index is -1.26. The van der Waals surface area contributed by atoms with Crippen LogP contribution in [-0.4, -0.2) is 22.3 Å². The van der Waals surface area contributed by atoms with Crippen molar-refractivity contribution in [2.45, 2.75) is 77.8 Å². The molecule has 0 atom stereocenters. The van der Waals surface area contributed by atoms with Gasteiger partial charge in [0.1, 0.15) is 0 Å². The highest BCUT2D eigenvalue weighted by Crippen LogP contribution is 2.46. The van der Waals surface area contributed by atoms with Crippen molar-refractivity contribution in [2.24, 2.45) is 0 Å². The molecule has 0 N–H and O–H groups in total. The van der Waals surface area contributed by atoms with Gasteiger partial charge in [0.05, 0.1) is 22.3 Å². The van der Waals surface area contributed by atoms with E-state index in [1.807, 2.05) is 10.4 Å². The van der Waals surface area contributed by atoms with E-state index < -0.39 is 22.3 Å². The molecule has 0 fully saturated rings. The SMILES string of the molecule is CC[Si]1(CC)c2ccccc2[Si](CC)(CC)[Si]1(CC)CC. The molecular formula is C18H34Si3. The molecule has 2 rings (SSSR count). The summed E-state index contributed by atoms with van der Waals surface area (Å²) in [4.78, 5) is 0. The van der Waals surface area contributed by atoms with Gasteiger partial charge in [-0.05, 0) is 0 Å². The smallest absolute Gasteiger partial charge is 0.0681 e. The van der Waals surface area contributed by atoms with Crippen LogP contribution in [-0.2, 0) is 0 Å². The topological polar surface area (TPSA) is 0 Å². The van der Waals surface area contributed by atoms with Crippen molar-refractivity contribution in [1.29, 1.82) is 0 Å². The zero-order valence-corrected chi connectivity index (χ0v) is 18.1. The molecule has 0 aromatic heterocycles. The maximum absolute atomic E-state index is 2.57. The Hall–Kier alpha value is -0.129. The maximum atomic E-state index is 2.57. The van der Waals surface area contributed by atoms with Crippen molar-refractivity contribution in [3.05, 3.63) is 24.3 Å². The molecule has 0 aliphatic carbocycles. The van der Waals surface area contributed by atoms with E-state index >= 15 is 0 Å². The first-order valence-corrected chi connectivity index (χ1v) is 18.4. The van der Waals surface area contributed by atoms with Crippen LogP contribution in [0.25, 0.3) is 0 Å². The van der Waals surface area contributed by atoms with E-state index in [-0.39, 0.29) is 0 Å². The Labute approximate surface area is 135 Å². The van der Waals surface area contributed by atoms with Crippen LogP contribution in [0.1, 0.15) is 41.5 Å². The van der Waals surface area contributed by atoms with Crippen LogP contribution in [0.3, 0.4) is 0 Å². The molecule has 3 heteroatoms. The van der Waals surface area contributed by atoms with Crippen molar-refractivity contribution in [3.63, 3.8) is 0 Å². The van der Waals surface area contributed by atoms with Gasteiger partial charge >= 0.3 is 0 Å². The van der Waals surface area contributed by atoms with Crippen molar-refractivity contribution < 1.29 is 0 Å². The Morgan fingerprint density at radius 2 is 0.905 bits per heavy atom. The van der Waals surface area contributed by atoms with E-state index in [0.717, 1.165) is 0 Å². The molecule has 0 saturated carbocycles. The zero-order valence-electron chi connectivity index (χ0n) is 15.1. The largest absolute Gasteiger partial charge is 0.0775 e. The van der Waals surface area contributed by atoms with Crippen molar-refractivity contribution in [2.75, 3.05) is 0 Å². The summed E-state index contributed by atoms with van der Waals surface area (Å²) in [7, 11) is -3.68. The maximum Gasteiger partial charge on any atom is 0.0775 e. The Morgan fingerprint density at radius 1 is 0.571 bits per heavy atom. The highest BCUT2D eigenvalue weighted by molar-refractivity contribution is 7.78. The Morgan fingerprint density at radius 3 is 1.14 bits per heavy atom. The van der Waals surface area contributed by atoms with Gasteiger partial charge in [-0.1, -0.05) is 112 Å². The lowest BCUT2D eigenvalue weighted by Crippen LogP contribution is -2.75. The number of fused-ring (bicyclic) bond motifs is 1. The van der Waals surface area contributed by atoms with Crippen LogP contribution in [0.5, 0.6) is 0 Å². The normalized spacial score (nSPS) is 21.2. The van der Waals surface area contributed by atoms with Gasteiger partial charge in [0.25, 0.3) is 0 Å². The van der Waals surface area contributed by atoms with Gasteiger partial charge in [0.15, 0.2) is 0 Å². The second-order valence-corrected chi connectivity index (χ2v) is 31.7. The third-order valence-corrected chi connectivity index (χ3v) is 51.2. The quantitative estimate of drug-likeness (QED) is 0.659. The summed E-state index contributed by atoms with van der Waals surface area (Å²) in [6, 6.07) is 18.9. The lowest BCUT2D eigenvalue weighted by Gasteiger charge is -2.51. The van der Waals surface area contributed by atoms with E-state index in [0.29, 0.717) is 0 Å². The summed E-state index contributed by atoms with van der Waals surface area (Å²) in [5, 5.41) is 3.86. The first-order chi connectivity index (χ1) is 10.1. The van der Waals surface area contributed by atoms with E-state index in [2.05, 4.69) is 65.8 Å². The lowest BCUT2D eigenvalue weighted by atomic mass is 10.4. The lowest BCUT2D eigenvalue weighted by molar-refractivity contribution is 1.23. The Bertz CT molecular complexity index is 442. The van der Waals surface area contributed by atoms with Gasteiger partial charge in [0, 0.05) is 0 Å². The molecule has 0 spiro atoms. The van der Waals surface area contributed by atoms with Gasteiger partial charge in [0.2, 0.25) is 0 Å². The number of rotatable bonds is 6. The molecule has 1 heterocycles. The van der Waals surface area contributed by atoms with Gasteiger partial charge < -0.3 is 0 Å². The third-order valence-electron chi connectivity index (χ3n) is 7.41. The standard InChI is InChI=1S/C18H34Si3/c1-7-19(8-2)17-15-13-14-16-18(17)20(9-3,10-4)21(19,11-5)12-6/h13-16H,7-12H2,1-6H3. The molecule has 0 nitrogen and oxygen atoms in total. The average molecular weight is 335 g/mol. The van der Waals surface area contributed by atoms with Crippen molar-refractivity contribution in [3.8, 4) is 0 Å². The molecule has 118 valence electrons. The minimum Gasteiger partial charge on any atom is -0.0681 e. The predicted octanol–water partition coefficient (Wildman–Crippen LogP) is 4.74. The second kappa shape index (κ2) is 6.17. The molecule has 1 aliphatic heterocycles. The average Bonchev–Trinajstić information content (AvgIpc) is 2.77. The summed E-state index contributed by atoms with van der Waals surface area (Å²) in [6.07, 6.45) is 0. The fourth-order valence-corrected chi connectivity index (χ4v) is 61.5. The zero-order chi connectivity index (χ0) is 15.7. The molecule has 0 saturated heterocycles. The van der Waals surface area contributed by atoms with Gasteiger partial charge in [-0.25, -0.2) is 0 Å². The van der Waals surface area contributed by atoms with E-state index in [9.17, 15) is 0 Å². The highest BCUT2D eigenvalue weighted by atomic mass is 29.6. The molecule has 21 heavy (non-hydrogen) atoms. The highest BCUT2D eigenvalue weighted by Gasteiger charge is 2.68. The molecular weight excluding hydrogens is 300 g/mol. The first-order valence-electron chi connectivity index (χ1n) is 9.19. The number of hydrogen-bond acceptors (Lipinski definition) is 0. The molecule has 1 aromatic carbocycles. The van der Waals surface area contributed by atoms with Gasteiger partial charge in [-0.2, -0.15) is 0 Å². The van der Waals surface area contributed by atoms with Crippen LogP contribution in [0.2, 0.25) is 36.3 Å². The monoisotopic (exact) mass is 334 g/mol. The van der Waals surface area contributed by atoms with Crippen LogP contribution >= 0.6 is 0 Å². The molecule has 0 unspecified atom stereocenters. The molecule has 0 bridgehead atoms. The molecule has 1 aliphatic rings. The fourth-order valence-electron chi connectivity index (χ4n) is 6.51. The van der Waals surface area contributed by atoms with E-state index in [1.54, 1.807) is 12.1 Å². The van der Waals surface area contributed by atoms with Crippen LogP contribution in [0.4, 0.5) is 0 Å². The third kappa shape index (κ3) is 1.83. The first kappa shape index (κ1) is 17.2. The van der Waals surface area contributed by atoms with Crippen LogP contribution < -0.4 is 10.4 Å². The van der Waals surface area contributed by atoms with Crippen molar-refractivity contribution in [1.82, 2.24) is 0 Å². The summed E-state index contributed by atoms with van der Waals surface area (Å²) in [5.74, 6) is 0. The fraction of sp³-hybridized carbons (Fsp3) is 0.667. The summed E-state index contributed by atoms with van der Waals surface area (Å²) in [6.45, 7) is 15.3. The number of hydrogen-bond donors (Lipinski definition) is 0. The van der Waals surface area contributed by atoms with Crippen molar-refractivity contribution >= 4 is 32.7 Å². The van der Waals surface area contributed by atoms with Gasteiger partial charge in [-0.3, -0.25) is 0 Å². The number of benzene rings is 1. The second-order valence-electron chi connectivity index (χ2n) is 6.91. The van der Waals surface area contributed by atoms with E-state index in [4.69, 9.17) is 0 Å². The summed E-state index contributed by atoms with van der Waals surface area (Å²) < 4.78 is 0. The Kier molecular flexibility index (Phi) is 5.06. The summed E-state index contributed by atoms with van der Waals surface area (Å²) in [5.41, 5.74) is 0. The van der Waals surface area contributed by atoms with E-state index in [1.165, 1.54) is 24.2 Å². The predicted molar refractivity (Wildman–Crippen MR) is 106 cm³/mol. The van der Waals surface area contributed by atoms with Crippen LogP contribution in [0, 0.1) is 0 Å². The van der Waals surface area contributed by atoms with Gasteiger partial charge in [-0.15, -0.1) is 0 Å². The minimum absolute atomic E-state index is 1.17. The molecule has 0 radical (unpaired) electrons. The molecule has 1 aromatic rings. The Balaban J connectivity index is 2.89. The summed E-state index contributed by atoms with van der Waals surface area (Å²) >= 11 is 0. The van der Waals surface area contributed by atoms with Crippen LogP contribution in [0.15, 0.2) is 24.3 Å².